The number of hydrogen-bond acceptors (Lipinski definition) is 6. The molecule has 1 fully saturated rings. The molecule has 0 radical (unpaired) electrons. The standard InChI is InChI=1S/C25H32ClN3O4/c1-3-28-12-14-29(15-13-28)22-9-7-21(8-10-22)27-24(30)18-33-25(31)5-4-16-32-23-11-6-20(26)17-19(23)2/h6-11,17H,3-5,12-16,18H2,1-2H3,(H,27,30). The van der Waals surface area contributed by atoms with Gasteiger partial charge >= 0.3 is 5.97 Å². The molecule has 3 rings (SSSR count). The van der Waals surface area contributed by atoms with E-state index in [0.29, 0.717) is 23.7 Å². The van der Waals surface area contributed by atoms with Crippen LogP contribution < -0.4 is 15.0 Å². The lowest BCUT2D eigenvalue weighted by molar-refractivity contribution is -0.147. The van der Waals surface area contributed by atoms with Crippen LogP contribution in [0, 0.1) is 6.92 Å². The fraction of sp³-hybridized carbons (Fsp3) is 0.440. The third-order valence-electron chi connectivity index (χ3n) is 5.62. The maximum Gasteiger partial charge on any atom is 0.306 e. The van der Waals surface area contributed by atoms with E-state index in [1.54, 1.807) is 12.1 Å². The molecule has 0 bridgehead atoms. The number of anilines is 2. The molecular weight excluding hydrogens is 442 g/mol. The van der Waals surface area contributed by atoms with Crippen molar-refractivity contribution in [3.63, 3.8) is 0 Å². The van der Waals surface area contributed by atoms with Gasteiger partial charge in [0.15, 0.2) is 6.61 Å². The van der Waals surface area contributed by atoms with Gasteiger partial charge in [0, 0.05) is 49.0 Å². The van der Waals surface area contributed by atoms with E-state index in [0.717, 1.165) is 49.7 Å². The summed E-state index contributed by atoms with van der Waals surface area (Å²) >= 11 is 5.93. The van der Waals surface area contributed by atoms with E-state index < -0.39 is 5.97 Å². The lowest BCUT2D eigenvalue weighted by Gasteiger charge is -2.35. The van der Waals surface area contributed by atoms with Crippen molar-refractivity contribution in [2.45, 2.75) is 26.7 Å². The van der Waals surface area contributed by atoms with Crippen LogP contribution in [0.15, 0.2) is 42.5 Å². The fourth-order valence-corrected chi connectivity index (χ4v) is 3.89. The predicted molar refractivity (Wildman–Crippen MR) is 131 cm³/mol. The Bertz CT molecular complexity index is 928. The average molecular weight is 474 g/mol. The second kappa shape index (κ2) is 12.5. The Balaban J connectivity index is 1.32. The van der Waals surface area contributed by atoms with Crippen LogP contribution >= 0.6 is 11.6 Å². The molecule has 2 aromatic rings. The summed E-state index contributed by atoms with van der Waals surface area (Å²) in [5.41, 5.74) is 2.76. The predicted octanol–water partition coefficient (Wildman–Crippen LogP) is 4.13. The van der Waals surface area contributed by atoms with Gasteiger partial charge in [-0.1, -0.05) is 18.5 Å². The van der Waals surface area contributed by atoms with Gasteiger partial charge in [0.2, 0.25) is 0 Å². The second-order valence-electron chi connectivity index (χ2n) is 8.04. The van der Waals surface area contributed by atoms with Crippen molar-refractivity contribution in [1.29, 1.82) is 0 Å². The summed E-state index contributed by atoms with van der Waals surface area (Å²) < 4.78 is 10.7. The van der Waals surface area contributed by atoms with Crippen molar-refractivity contribution in [3.8, 4) is 5.75 Å². The number of nitrogens with zero attached hydrogens (tertiary/aromatic N) is 2. The van der Waals surface area contributed by atoms with Crippen LogP contribution in [0.25, 0.3) is 0 Å². The molecule has 0 unspecified atom stereocenters. The monoisotopic (exact) mass is 473 g/mol. The highest BCUT2D eigenvalue weighted by Crippen LogP contribution is 2.22. The number of piperazine rings is 1. The third kappa shape index (κ3) is 7.94. The van der Waals surface area contributed by atoms with Gasteiger partial charge in [-0.05, 0) is 67.9 Å². The molecule has 8 heteroatoms. The number of ether oxygens (including phenoxy) is 2. The molecule has 2 aromatic carbocycles. The van der Waals surface area contributed by atoms with E-state index in [1.807, 2.05) is 37.3 Å². The first-order chi connectivity index (χ1) is 15.9. The van der Waals surface area contributed by atoms with Crippen LogP contribution in [0.1, 0.15) is 25.3 Å². The molecule has 0 aromatic heterocycles. The summed E-state index contributed by atoms with van der Waals surface area (Å²) in [5, 5.41) is 3.42. The Labute approximate surface area is 200 Å². The quantitative estimate of drug-likeness (QED) is 0.413. The van der Waals surface area contributed by atoms with E-state index in [-0.39, 0.29) is 18.9 Å². The Morgan fingerprint density at radius 1 is 1.06 bits per heavy atom. The van der Waals surface area contributed by atoms with E-state index >= 15 is 0 Å². The molecule has 1 N–H and O–H groups in total. The normalized spacial score (nSPS) is 14.1. The van der Waals surface area contributed by atoms with E-state index in [2.05, 4.69) is 22.0 Å². The Hall–Kier alpha value is -2.77. The van der Waals surface area contributed by atoms with Gasteiger partial charge < -0.3 is 24.6 Å². The average Bonchev–Trinajstić information content (AvgIpc) is 2.82. The van der Waals surface area contributed by atoms with Gasteiger partial charge in [-0.25, -0.2) is 0 Å². The van der Waals surface area contributed by atoms with Crippen molar-refractivity contribution in [3.05, 3.63) is 53.1 Å². The SMILES string of the molecule is CCN1CCN(c2ccc(NC(=O)COC(=O)CCCOc3ccc(Cl)cc3C)cc2)CC1. The zero-order valence-corrected chi connectivity index (χ0v) is 20.1. The highest BCUT2D eigenvalue weighted by Gasteiger charge is 2.16. The summed E-state index contributed by atoms with van der Waals surface area (Å²) in [6.07, 6.45) is 0.677. The molecule has 1 saturated heterocycles. The van der Waals surface area contributed by atoms with Crippen LogP contribution in [0.3, 0.4) is 0 Å². The molecule has 33 heavy (non-hydrogen) atoms. The number of rotatable bonds is 10. The largest absolute Gasteiger partial charge is 0.493 e. The molecule has 1 aliphatic heterocycles. The molecule has 1 amide bonds. The maximum absolute atomic E-state index is 12.1. The summed E-state index contributed by atoms with van der Waals surface area (Å²) in [5.74, 6) is -0.0507. The topological polar surface area (TPSA) is 71.1 Å². The van der Waals surface area contributed by atoms with Gasteiger partial charge in [-0.2, -0.15) is 0 Å². The van der Waals surface area contributed by atoms with Crippen molar-refractivity contribution in [2.75, 3.05) is 56.2 Å². The van der Waals surface area contributed by atoms with Gasteiger partial charge in [-0.15, -0.1) is 0 Å². The van der Waals surface area contributed by atoms with Gasteiger partial charge in [0.1, 0.15) is 5.75 Å². The van der Waals surface area contributed by atoms with Gasteiger partial charge in [0.25, 0.3) is 5.91 Å². The Morgan fingerprint density at radius 3 is 2.45 bits per heavy atom. The number of nitrogens with one attached hydrogen (secondary N) is 1. The van der Waals surface area contributed by atoms with Crippen LogP contribution in [-0.4, -0.2) is 62.7 Å². The molecule has 0 spiro atoms. The second-order valence-corrected chi connectivity index (χ2v) is 8.48. The zero-order chi connectivity index (χ0) is 23.6. The lowest BCUT2D eigenvalue weighted by atomic mass is 10.2. The van der Waals surface area contributed by atoms with Gasteiger partial charge in [-0.3, -0.25) is 9.59 Å². The number of esters is 1. The van der Waals surface area contributed by atoms with Crippen LogP contribution in [0.5, 0.6) is 5.75 Å². The van der Waals surface area contributed by atoms with Gasteiger partial charge in [0.05, 0.1) is 6.61 Å². The minimum absolute atomic E-state index is 0.180. The smallest absolute Gasteiger partial charge is 0.306 e. The van der Waals surface area contributed by atoms with Crippen LogP contribution in [-0.2, 0) is 14.3 Å². The zero-order valence-electron chi connectivity index (χ0n) is 19.3. The third-order valence-corrected chi connectivity index (χ3v) is 5.85. The maximum atomic E-state index is 12.1. The number of carbonyl (C=O) groups is 2. The van der Waals surface area contributed by atoms with Crippen molar-refractivity contribution in [1.82, 2.24) is 4.90 Å². The molecule has 7 nitrogen and oxygen atoms in total. The van der Waals surface area contributed by atoms with E-state index in [9.17, 15) is 9.59 Å². The first kappa shape index (κ1) is 24.9. The van der Waals surface area contributed by atoms with Crippen molar-refractivity contribution < 1.29 is 19.1 Å². The molecular formula is C25H32ClN3O4. The van der Waals surface area contributed by atoms with Crippen molar-refractivity contribution in [2.24, 2.45) is 0 Å². The highest BCUT2D eigenvalue weighted by molar-refractivity contribution is 6.30. The highest BCUT2D eigenvalue weighted by atomic mass is 35.5. The molecule has 1 aliphatic rings. The van der Waals surface area contributed by atoms with E-state index in [1.165, 1.54) is 0 Å². The molecule has 0 aliphatic carbocycles. The lowest BCUT2D eigenvalue weighted by Crippen LogP contribution is -2.46. The minimum Gasteiger partial charge on any atom is -0.493 e. The summed E-state index contributed by atoms with van der Waals surface area (Å²) in [6.45, 7) is 9.37. The van der Waals surface area contributed by atoms with E-state index in [4.69, 9.17) is 21.1 Å². The number of hydrogen-bond donors (Lipinski definition) is 1. The molecule has 0 saturated carbocycles. The molecule has 1 heterocycles. The summed E-state index contributed by atoms with van der Waals surface area (Å²) in [4.78, 5) is 28.8. The van der Waals surface area contributed by atoms with Crippen LogP contribution in [0.2, 0.25) is 5.02 Å². The molecule has 178 valence electrons. The number of carbonyl (C=O) groups excluding carboxylic acids is 2. The Morgan fingerprint density at radius 2 is 1.79 bits per heavy atom. The summed E-state index contributed by atoms with van der Waals surface area (Å²) in [6, 6.07) is 13.1. The number of likely N-dealkylation sites (N-methyl/N-ethyl adjacent to an activating group) is 1. The van der Waals surface area contributed by atoms with Crippen molar-refractivity contribution >= 4 is 34.9 Å². The first-order valence-electron chi connectivity index (χ1n) is 11.4. The number of amides is 1. The van der Waals surface area contributed by atoms with Crippen LogP contribution in [0.4, 0.5) is 11.4 Å². The summed E-state index contributed by atoms with van der Waals surface area (Å²) in [7, 11) is 0. The number of halogens is 1. The minimum atomic E-state index is -0.428. The number of benzene rings is 2. The fourth-order valence-electron chi connectivity index (χ4n) is 3.67. The Kier molecular flexibility index (Phi) is 9.39. The first-order valence-corrected chi connectivity index (χ1v) is 11.7. The number of aryl methyl sites for hydroxylation is 1. The molecule has 0 atom stereocenters.